The average molecular weight is 312 g/mol. The Hall–Kier alpha value is -1.56. The lowest BCUT2D eigenvalue weighted by atomic mass is 10.0. The number of amides is 2. The van der Waals surface area contributed by atoms with Crippen molar-refractivity contribution in [2.75, 3.05) is 13.1 Å². The molecule has 0 aromatic rings. The zero-order valence-electron chi connectivity index (χ0n) is 14.2. The van der Waals surface area contributed by atoms with Gasteiger partial charge in [-0.15, -0.1) is 6.58 Å². The molecule has 0 radical (unpaired) electrons. The van der Waals surface area contributed by atoms with Crippen LogP contribution in [-0.4, -0.2) is 52.8 Å². The van der Waals surface area contributed by atoms with E-state index in [0.717, 1.165) is 5.57 Å². The van der Waals surface area contributed by atoms with Gasteiger partial charge in [-0.05, 0) is 34.1 Å². The summed E-state index contributed by atoms with van der Waals surface area (Å²) >= 11 is 0. The molecule has 0 bridgehead atoms. The molecule has 6 nitrogen and oxygen atoms in total. The third-order valence-electron chi connectivity index (χ3n) is 3.37. The summed E-state index contributed by atoms with van der Waals surface area (Å²) in [5.41, 5.74) is 0.351. The molecular formula is C16H28N2O4. The molecule has 0 aromatic heterocycles. The Labute approximate surface area is 132 Å². The molecule has 0 saturated carbocycles. The predicted molar refractivity (Wildman–Crippen MR) is 84.3 cm³/mol. The molecule has 1 unspecified atom stereocenters. The monoisotopic (exact) mass is 312 g/mol. The van der Waals surface area contributed by atoms with Gasteiger partial charge in [-0.25, -0.2) is 4.79 Å². The van der Waals surface area contributed by atoms with Crippen LogP contribution in [0.25, 0.3) is 0 Å². The number of allylic oxidation sites excluding steroid dienone is 1. The molecule has 2 N–H and O–H groups in total. The maximum Gasteiger partial charge on any atom is 0.410 e. The third-order valence-corrected chi connectivity index (χ3v) is 3.37. The minimum atomic E-state index is -0.784. The first-order chi connectivity index (χ1) is 9.99. The molecule has 0 aliphatic carbocycles. The van der Waals surface area contributed by atoms with Gasteiger partial charge in [-0.3, -0.25) is 4.79 Å². The van der Waals surface area contributed by atoms with Crippen molar-refractivity contribution < 1.29 is 19.4 Å². The summed E-state index contributed by atoms with van der Waals surface area (Å²) in [5, 5.41) is 12.8. The van der Waals surface area contributed by atoms with Gasteiger partial charge in [-0.2, -0.15) is 0 Å². The molecule has 22 heavy (non-hydrogen) atoms. The SMILES string of the molecule is C=C(C)CC(C)C(=O)N[C@@H]1CN(C(=O)OC(C)(C)C)C[C@@H]1O. The fraction of sp³-hybridized carbons (Fsp3) is 0.750. The molecule has 1 saturated heterocycles. The minimum Gasteiger partial charge on any atom is -0.444 e. The summed E-state index contributed by atoms with van der Waals surface area (Å²) in [6.07, 6.45) is -0.656. The molecule has 3 atom stereocenters. The van der Waals surface area contributed by atoms with E-state index in [9.17, 15) is 14.7 Å². The van der Waals surface area contributed by atoms with Crippen molar-refractivity contribution in [3.63, 3.8) is 0 Å². The standard InChI is InChI=1S/C16H28N2O4/c1-10(2)7-11(3)14(20)17-12-8-18(9-13(12)19)15(21)22-16(4,5)6/h11-13,19H,1,7-9H2,2-6H3,(H,17,20)/t11?,12-,13+/m1/s1. The number of aliphatic hydroxyl groups is 1. The Bertz CT molecular complexity index is 442. The molecule has 6 heteroatoms. The van der Waals surface area contributed by atoms with E-state index in [4.69, 9.17) is 4.74 Å². The van der Waals surface area contributed by atoms with Gasteiger partial charge in [0.15, 0.2) is 0 Å². The van der Waals surface area contributed by atoms with Gasteiger partial charge in [-0.1, -0.05) is 12.5 Å². The predicted octanol–water partition coefficient (Wildman–Crippen LogP) is 1.69. The molecule has 0 aromatic carbocycles. The number of β-amino-alcohol motifs (C(OH)–C–C–N with tert-alkyl or cyclic N) is 1. The van der Waals surface area contributed by atoms with Crippen molar-refractivity contribution in [3.8, 4) is 0 Å². The molecule has 1 heterocycles. The number of hydrogen-bond acceptors (Lipinski definition) is 4. The number of nitrogens with zero attached hydrogens (tertiary/aromatic N) is 1. The second kappa shape index (κ2) is 7.13. The average Bonchev–Trinajstić information content (AvgIpc) is 2.68. The maximum atomic E-state index is 12.1. The van der Waals surface area contributed by atoms with Crippen molar-refractivity contribution in [2.24, 2.45) is 5.92 Å². The summed E-state index contributed by atoms with van der Waals surface area (Å²) < 4.78 is 5.27. The first-order valence-electron chi connectivity index (χ1n) is 7.60. The van der Waals surface area contributed by atoms with E-state index in [2.05, 4.69) is 11.9 Å². The summed E-state index contributed by atoms with van der Waals surface area (Å²) in [6, 6.07) is -0.465. The van der Waals surface area contributed by atoms with E-state index >= 15 is 0 Å². The second-order valence-electron chi connectivity index (χ2n) is 7.13. The fourth-order valence-corrected chi connectivity index (χ4v) is 2.34. The fourth-order valence-electron chi connectivity index (χ4n) is 2.34. The Kier molecular flexibility index (Phi) is 6.00. The summed E-state index contributed by atoms with van der Waals surface area (Å²) in [7, 11) is 0. The van der Waals surface area contributed by atoms with E-state index in [0.29, 0.717) is 6.42 Å². The van der Waals surface area contributed by atoms with Crippen LogP contribution < -0.4 is 5.32 Å². The van der Waals surface area contributed by atoms with Crippen LogP contribution in [0.5, 0.6) is 0 Å². The second-order valence-corrected chi connectivity index (χ2v) is 7.13. The van der Waals surface area contributed by atoms with Crippen LogP contribution in [0, 0.1) is 5.92 Å². The van der Waals surface area contributed by atoms with Crippen molar-refractivity contribution in [3.05, 3.63) is 12.2 Å². The van der Waals surface area contributed by atoms with E-state index in [1.54, 1.807) is 20.8 Å². The van der Waals surface area contributed by atoms with Gasteiger partial charge in [0.1, 0.15) is 5.60 Å². The number of rotatable bonds is 4. The molecule has 1 fully saturated rings. The Morgan fingerprint density at radius 1 is 1.41 bits per heavy atom. The number of hydrogen-bond donors (Lipinski definition) is 2. The molecule has 1 aliphatic heterocycles. The number of ether oxygens (including phenoxy) is 1. The van der Waals surface area contributed by atoms with Crippen LogP contribution in [0.15, 0.2) is 12.2 Å². The molecule has 1 rings (SSSR count). The highest BCUT2D eigenvalue weighted by Gasteiger charge is 2.37. The normalized spacial score (nSPS) is 23.1. The molecule has 126 valence electrons. The van der Waals surface area contributed by atoms with E-state index in [1.807, 2.05) is 13.8 Å². The van der Waals surface area contributed by atoms with Gasteiger partial charge >= 0.3 is 6.09 Å². The van der Waals surface area contributed by atoms with Gasteiger partial charge in [0.2, 0.25) is 5.91 Å². The highest BCUT2D eigenvalue weighted by molar-refractivity contribution is 5.79. The lowest BCUT2D eigenvalue weighted by Crippen LogP contribution is -2.45. The van der Waals surface area contributed by atoms with Gasteiger partial charge < -0.3 is 20.1 Å². The van der Waals surface area contributed by atoms with Gasteiger partial charge in [0.25, 0.3) is 0 Å². The van der Waals surface area contributed by atoms with Crippen LogP contribution >= 0.6 is 0 Å². The summed E-state index contributed by atoms with van der Waals surface area (Å²) in [4.78, 5) is 25.5. The van der Waals surface area contributed by atoms with Crippen LogP contribution in [0.4, 0.5) is 4.79 Å². The summed E-state index contributed by atoms with van der Waals surface area (Å²) in [5.74, 6) is -0.349. The van der Waals surface area contributed by atoms with Crippen molar-refractivity contribution in [2.45, 2.75) is 58.8 Å². The highest BCUT2D eigenvalue weighted by atomic mass is 16.6. The number of carbonyl (C=O) groups excluding carboxylic acids is 2. The highest BCUT2D eigenvalue weighted by Crippen LogP contribution is 2.17. The van der Waals surface area contributed by atoms with Crippen molar-refractivity contribution in [1.29, 1.82) is 0 Å². The smallest absolute Gasteiger partial charge is 0.410 e. The first-order valence-corrected chi connectivity index (χ1v) is 7.60. The maximum absolute atomic E-state index is 12.1. The molecular weight excluding hydrogens is 284 g/mol. The minimum absolute atomic E-state index is 0.141. The number of carbonyl (C=O) groups is 2. The van der Waals surface area contributed by atoms with E-state index < -0.39 is 23.8 Å². The van der Waals surface area contributed by atoms with Crippen molar-refractivity contribution in [1.82, 2.24) is 10.2 Å². The van der Waals surface area contributed by atoms with Gasteiger partial charge in [0, 0.05) is 12.5 Å². The number of likely N-dealkylation sites (tertiary alicyclic amines) is 1. The zero-order chi connectivity index (χ0) is 17.1. The number of nitrogens with one attached hydrogen (secondary N) is 1. The van der Waals surface area contributed by atoms with Crippen LogP contribution in [0.3, 0.4) is 0 Å². The molecule has 1 aliphatic rings. The van der Waals surface area contributed by atoms with Gasteiger partial charge in [0.05, 0.1) is 18.7 Å². The Balaban J connectivity index is 2.55. The molecule has 0 spiro atoms. The quantitative estimate of drug-likeness (QED) is 0.774. The Morgan fingerprint density at radius 3 is 2.50 bits per heavy atom. The first kappa shape index (κ1) is 18.5. The third kappa shape index (κ3) is 5.67. The van der Waals surface area contributed by atoms with Crippen LogP contribution in [0.1, 0.15) is 41.0 Å². The topological polar surface area (TPSA) is 78.9 Å². The van der Waals surface area contributed by atoms with Crippen molar-refractivity contribution >= 4 is 12.0 Å². The lowest BCUT2D eigenvalue weighted by Gasteiger charge is -2.24. The Morgan fingerprint density at radius 2 is 2.00 bits per heavy atom. The lowest BCUT2D eigenvalue weighted by molar-refractivity contribution is -0.125. The number of aliphatic hydroxyl groups excluding tert-OH is 1. The molecule has 2 amide bonds. The van der Waals surface area contributed by atoms with Crippen LogP contribution in [-0.2, 0) is 9.53 Å². The van der Waals surface area contributed by atoms with E-state index in [1.165, 1.54) is 4.90 Å². The largest absolute Gasteiger partial charge is 0.444 e. The van der Waals surface area contributed by atoms with Crippen LogP contribution in [0.2, 0.25) is 0 Å². The van der Waals surface area contributed by atoms with E-state index in [-0.39, 0.29) is 24.9 Å². The zero-order valence-corrected chi connectivity index (χ0v) is 14.2. The summed E-state index contributed by atoms with van der Waals surface area (Å²) in [6.45, 7) is 13.3.